The van der Waals surface area contributed by atoms with Crippen LogP contribution in [0.15, 0.2) is 36.4 Å². The van der Waals surface area contributed by atoms with E-state index in [1.807, 2.05) is 6.07 Å². The van der Waals surface area contributed by atoms with Crippen LogP contribution in [-0.4, -0.2) is 5.91 Å². The lowest BCUT2D eigenvalue weighted by molar-refractivity contribution is 0.0950. The third kappa shape index (κ3) is 3.39. The smallest absolute Gasteiger partial charge is 0.251 e. The minimum atomic E-state index is -0.517. The number of rotatable bonds is 3. The Morgan fingerprint density at radius 3 is 2.81 bits per heavy atom. The van der Waals surface area contributed by atoms with Gasteiger partial charge in [0.25, 0.3) is 5.91 Å². The number of nitriles is 1. The van der Waals surface area contributed by atoms with E-state index in [0.29, 0.717) is 21.7 Å². The Morgan fingerprint density at radius 2 is 2.14 bits per heavy atom. The molecule has 0 heterocycles. The van der Waals surface area contributed by atoms with E-state index < -0.39 is 5.82 Å². The predicted molar refractivity (Wildman–Crippen MR) is 78.5 cm³/mol. The van der Waals surface area contributed by atoms with Gasteiger partial charge in [0.1, 0.15) is 5.82 Å². The number of hydrogen-bond donors (Lipinski definition) is 1. The van der Waals surface area contributed by atoms with Gasteiger partial charge in [0, 0.05) is 22.7 Å². The number of nitrogens with zero attached hydrogens (tertiary/aromatic N) is 1. The zero-order valence-electron chi connectivity index (χ0n) is 11.3. The average molecular weight is 303 g/mol. The van der Waals surface area contributed by atoms with Crippen LogP contribution in [0.4, 0.5) is 4.39 Å². The predicted octanol–water partition coefficient (Wildman–Crippen LogP) is 3.59. The fraction of sp³-hybridized carbons (Fsp3) is 0.125. The Kier molecular flexibility index (Phi) is 4.56. The van der Waals surface area contributed by atoms with Gasteiger partial charge < -0.3 is 5.32 Å². The Hall–Kier alpha value is -2.38. The van der Waals surface area contributed by atoms with Gasteiger partial charge in [-0.3, -0.25) is 4.79 Å². The summed E-state index contributed by atoms with van der Waals surface area (Å²) in [7, 11) is 0. The first-order chi connectivity index (χ1) is 10.0. The molecule has 0 aromatic heterocycles. The van der Waals surface area contributed by atoms with Gasteiger partial charge >= 0.3 is 0 Å². The van der Waals surface area contributed by atoms with Crippen LogP contribution >= 0.6 is 11.6 Å². The summed E-state index contributed by atoms with van der Waals surface area (Å²) in [5, 5.41) is 11.8. The zero-order chi connectivity index (χ0) is 15.4. The average Bonchev–Trinajstić information content (AvgIpc) is 2.48. The van der Waals surface area contributed by atoms with Crippen molar-refractivity contribution in [2.45, 2.75) is 13.5 Å². The van der Waals surface area contributed by atoms with Crippen molar-refractivity contribution in [3.8, 4) is 6.07 Å². The second-order valence-electron chi connectivity index (χ2n) is 4.51. The van der Waals surface area contributed by atoms with Crippen molar-refractivity contribution in [3.63, 3.8) is 0 Å². The monoisotopic (exact) mass is 302 g/mol. The highest BCUT2D eigenvalue weighted by atomic mass is 35.5. The second kappa shape index (κ2) is 6.38. The molecule has 0 atom stereocenters. The molecule has 0 aliphatic heterocycles. The fourth-order valence-corrected chi connectivity index (χ4v) is 2.06. The van der Waals surface area contributed by atoms with E-state index in [9.17, 15) is 9.18 Å². The van der Waals surface area contributed by atoms with E-state index in [-0.39, 0.29) is 18.0 Å². The standard InChI is InChI=1S/C16H12ClFN2O/c1-10-13(3-2-4-14(10)17)16(21)20-9-12-6-5-11(8-19)7-15(12)18/h2-7H,9H2,1H3,(H,20,21). The molecule has 5 heteroatoms. The summed E-state index contributed by atoms with van der Waals surface area (Å²) in [5.74, 6) is -0.837. The first-order valence-corrected chi connectivity index (χ1v) is 6.62. The van der Waals surface area contributed by atoms with Crippen molar-refractivity contribution in [3.05, 3.63) is 69.5 Å². The number of halogens is 2. The molecule has 0 radical (unpaired) electrons. The van der Waals surface area contributed by atoms with Crippen molar-refractivity contribution in [1.82, 2.24) is 5.32 Å². The maximum Gasteiger partial charge on any atom is 0.251 e. The number of nitrogens with one attached hydrogen (secondary N) is 1. The molecule has 2 rings (SSSR count). The SMILES string of the molecule is Cc1c(Cl)cccc1C(=O)NCc1ccc(C#N)cc1F. The Bertz CT molecular complexity index is 738. The van der Waals surface area contributed by atoms with Crippen LogP contribution < -0.4 is 5.32 Å². The normalized spacial score (nSPS) is 10.0. The summed E-state index contributed by atoms with van der Waals surface area (Å²) in [6.45, 7) is 1.79. The van der Waals surface area contributed by atoms with Gasteiger partial charge in [-0.1, -0.05) is 23.7 Å². The molecule has 0 aliphatic rings. The molecule has 0 bridgehead atoms. The number of amides is 1. The zero-order valence-corrected chi connectivity index (χ0v) is 12.0. The lowest BCUT2D eigenvalue weighted by Crippen LogP contribution is -2.24. The van der Waals surface area contributed by atoms with E-state index >= 15 is 0 Å². The van der Waals surface area contributed by atoms with E-state index in [2.05, 4.69) is 5.32 Å². The van der Waals surface area contributed by atoms with Gasteiger partial charge in [0.15, 0.2) is 0 Å². The van der Waals surface area contributed by atoms with Crippen LogP contribution in [0.5, 0.6) is 0 Å². The molecule has 3 nitrogen and oxygen atoms in total. The van der Waals surface area contributed by atoms with Crippen LogP contribution in [0.2, 0.25) is 5.02 Å². The Morgan fingerprint density at radius 1 is 1.38 bits per heavy atom. The molecule has 106 valence electrons. The van der Waals surface area contributed by atoms with Crippen LogP contribution in [0, 0.1) is 24.1 Å². The van der Waals surface area contributed by atoms with Gasteiger partial charge in [-0.2, -0.15) is 5.26 Å². The molecular formula is C16H12ClFN2O. The van der Waals surface area contributed by atoms with E-state index in [1.165, 1.54) is 12.1 Å². The van der Waals surface area contributed by atoms with Gasteiger partial charge in [0.2, 0.25) is 0 Å². The first kappa shape index (κ1) is 15.0. The van der Waals surface area contributed by atoms with Crippen LogP contribution in [-0.2, 0) is 6.54 Å². The van der Waals surface area contributed by atoms with E-state index in [1.54, 1.807) is 25.1 Å². The van der Waals surface area contributed by atoms with Crippen molar-refractivity contribution >= 4 is 17.5 Å². The van der Waals surface area contributed by atoms with Crippen molar-refractivity contribution in [1.29, 1.82) is 5.26 Å². The minimum absolute atomic E-state index is 0.0440. The molecule has 0 fully saturated rings. The molecule has 0 spiro atoms. The van der Waals surface area contributed by atoms with Crippen molar-refractivity contribution in [2.75, 3.05) is 0 Å². The molecule has 0 unspecified atom stereocenters. The molecule has 0 saturated carbocycles. The maximum atomic E-state index is 13.7. The molecule has 2 aromatic rings. The number of carbonyl (C=O) groups is 1. The van der Waals surface area contributed by atoms with Crippen LogP contribution in [0.25, 0.3) is 0 Å². The number of hydrogen-bond acceptors (Lipinski definition) is 2. The molecule has 1 N–H and O–H groups in total. The topological polar surface area (TPSA) is 52.9 Å². The molecular weight excluding hydrogens is 291 g/mol. The lowest BCUT2D eigenvalue weighted by Gasteiger charge is -2.09. The minimum Gasteiger partial charge on any atom is -0.348 e. The van der Waals surface area contributed by atoms with Crippen molar-refractivity contribution < 1.29 is 9.18 Å². The van der Waals surface area contributed by atoms with Crippen molar-refractivity contribution in [2.24, 2.45) is 0 Å². The largest absolute Gasteiger partial charge is 0.348 e. The quantitative estimate of drug-likeness (QED) is 0.942. The fourth-order valence-electron chi connectivity index (χ4n) is 1.88. The van der Waals surface area contributed by atoms with E-state index in [0.717, 1.165) is 6.07 Å². The molecule has 0 aliphatic carbocycles. The summed E-state index contributed by atoms with van der Waals surface area (Å²) in [6, 6.07) is 11.0. The maximum absolute atomic E-state index is 13.7. The number of benzene rings is 2. The summed E-state index contributed by atoms with van der Waals surface area (Å²) in [6.07, 6.45) is 0. The van der Waals surface area contributed by atoms with Gasteiger partial charge in [-0.05, 0) is 36.8 Å². The van der Waals surface area contributed by atoms with Gasteiger partial charge in [-0.25, -0.2) is 4.39 Å². The van der Waals surface area contributed by atoms with E-state index in [4.69, 9.17) is 16.9 Å². The lowest BCUT2D eigenvalue weighted by atomic mass is 10.1. The van der Waals surface area contributed by atoms with Gasteiger partial charge in [-0.15, -0.1) is 0 Å². The second-order valence-corrected chi connectivity index (χ2v) is 4.92. The summed E-state index contributed by atoms with van der Waals surface area (Å²) >= 11 is 5.96. The van der Waals surface area contributed by atoms with Crippen LogP contribution in [0.1, 0.15) is 27.0 Å². The molecule has 2 aromatic carbocycles. The molecule has 0 saturated heterocycles. The summed E-state index contributed by atoms with van der Waals surface area (Å²) < 4.78 is 13.7. The first-order valence-electron chi connectivity index (χ1n) is 6.24. The van der Waals surface area contributed by atoms with Gasteiger partial charge in [0.05, 0.1) is 11.6 Å². The highest BCUT2D eigenvalue weighted by Crippen LogP contribution is 2.18. The third-order valence-electron chi connectivity index (χ3n) is 3.13. The number of carbonyl (C=O) groups excluding carboxylic acids is 1. The molecule has 1 amide bonds. The molecule has 21 heavy (non-hydrogen) atoms. The third-order valence-corrected chi connectivity index (χ3v) is 3.54. The highest BCUT2D eigenvalue weighted by Gasteiger charge is 2.11. The summed E-state index contributed by atoms with van der Waals surface area (Å²) in [4.78, 5) is 12.1. The Balaban J connectivity index is 2.11. The summed E-state index contributed by atoms with van der Waals surface area (Å²) in [5.41, 5.74) is 1.70. The highest BCUT2D eigenvalue weighted by molar-refractivity contribution is 6.31. The van der Waals surface area contributed by atoms with Crippen LogP contribution in [0.3, 0.4) is 0 Å². The Labute approximate surface area is 127 Å².